The lowest BCUT2D eigenvalue weighted by Crippen LogP contribution is -2.23. The van der Waals surface area contributed by atoms with Crippen molar-refractivity contribution in [3.63, 3.8) is 0 Å². The fourth-order valence-corrected chi connectivity index (χ4v) is 2.83. The van der Waals surface area contributed by atoms with Gasteiger partial charge in [-0.3, -0.25) is 4.98 Å². The molecule has 0 aromatic carbocycles. The Labute approximate surface area is 90.9 Å². The Kier molecular flexibility index (Phi) is 2.65. The summed E-state index contributed by atoms with van der Waals surface area (Å²) in [4.78, 5) is 3.58. The Hall–Kier alpha value is -1.11. The Balaban J connectivity index is 2.50. The first-order chi connectivity index (χ1) is 7.41. The van der Waals surface area contributed by atoms with Gasteiger partial charge in [-0.2, -0.15) is 17.5 Å². The van der Waals surface area contributed by atoms with Crippen LogP contribution in [0.3, 0.4) is 0 Å². The van der Waals surface area contributed by atoms with E-state index in [4.69, 9.17) is 0 Å². The number of hydrogen-bond donors (Lipinski definition) is 0. The first-order valence-electron chi connectivity index (χ1n) is 4.64. The molecular formula is C9H9F3N2OS. The van der Waals surface area contributed by atoms with Crippen molar-refractivity contribution < 1.29 is 17.4 Å². The first kappa shape index (κ1) is 11.4. The Morgan fingerprint density at radius 3 is 2.56 bits per heavy atom. The van der Waals surface area contributed by atoms with Gasteiger partial charge in [0.1, 0.15) is 5.69 Å². The van der Waals surface area contributed by atoms with Gasteiger partial charge in [-0.1, -0.05) is 0 Å². The molecule has 0 aliphatic carbocycles. The van der Waals surface area contributed by atoms with Gasteiger partial charge in [0.05, 0.1) is 21.5 Å². The maximum Gasteiger partial charge on any atom is 0.418 e. The topological polar surface area (TPSA) is 42.3 Å². The van der Waals surface area contributed by atoms with Gasteiger partial charge in [0.25, 0.3) is 0 Å². The molecule has 0 saturated carbocycles. The molecule has 88 valence electrons. The van der Waals surface area contributed by atoms with Gasteiger partial charge in [0, 0.05) is 17.7 Å². The summed E-state index contributed by atoms with van der Waals surface area (Å²) in [6.07, 6.45) is -1.67. The average molecular weight is 250 g/mol. The third-order valence-corrected chi connectivity index (χ3v) is 4.68. The lowest BCUT2D eigenvalue weighted by atomic mass is 10.2. The molecule has 0 unspecified atom stereocenters. The second kappa shape index (κ2) is 3.73. The number of rotatable bonds is 1. The summed E-state index contributed by atoms with van der Waals surface area (Å²) >= 11 is 0. The van der Waals surface area contributed by atoms with E-state index in [9.17, 15) is 17.4 Å². The summed E-state index contributed by atoms with van der Waals surface area (Å²) in [6.45, 7) is 0. The highest BCUT2D eigenvalue weighted by Gasteiger charge is 2.34. The van der Waals surface area contributed by atoms with Crippen molar-refractivity contribution in [3.8, 4) is 0 Å². The quantitative estimate of drug-likeness (QED) is 0.768. The molecule has 2 rings (SSSR count). The predicted octanol–water partition coefficient (Wildman–Crippen LogP) is 2.60. The van der Waals surface area contributed by atoms with Crippen LogP contribution in [0.5, 0.6) is 0 Å². The minimum atomic E-state index is -4.48. The minimum absolute atomic E-state index is 0.320. The van der Waals surface area contributed by atoms with Crippen LogP contribution in [-0.2, 0) is 15.9 Å². The molecule has 1 aliphatic rings. The summed E-state index contributed by atoms with van der Waals surface area (Å²) < 4.78 is 53.1. The van der Waals surface area contributed by atoms with E-state index >= 15 is 0 Å². The van der Waals surface area contributed by atoms with E-state index in [1.165, 1.54) is 0 Å². The van der Waals surface area contributed by atoms with Crippen molar-refractivity contribution in [3.05, 3.63) is 24.0 Å². The molecule has 16 heavy (non-hydrogen) atoms. The summed E-state index contributed by atoms with van der Waals surface area (Å²) in [5.41, 5.74) is -1.20. The number of alkyl halides is 3. The van der Waals surface area contributed by atoms with Crippen LogP contribution in [-0.4, -0.2) is 20.7 Å². The highest BCUT2D eigenvalue weighted by molar-refractivity contribution is 7.95. The Morgan fingerprint density at radius 1 is 1.38 bits per heavy atom. The highest BCUT2D eigenvalue weighted by atomic mass is 32.2. The molecule has 1 aromatic heterocycles. The normalized spacial score (nSPS) is 18.9. The number of hydrogen-bond acceptors (Lipinski definition) is 3. The molecule has 1 aromatic rings. The van der Waals surface area contributed by atoms with E-state index in [0.717, 1.165) is 24.9 Å². The van der Waals surface area contributed by atoms with E-state index in [0.29, 0.717) is 11.5 Å². The summed E-state index contributed by atoms with van der Waals surface area (Å²) in [5, 5.41) is 0. The maximum atomic E-state index is 12.6. The van der Waals surface area contributed by atoms with Crippen LogP contribution in [0.4, 0.5) is 18.9 Å². The zero-order valence-corrected chi connectivity index (χ0v) is 9.01. The van der Waals surface area contributed by atoms with Crippen LogP contribution >= 0.6 is 0 Å². The standard InChI is InChI=1S/C9H9F3N2OS/c10-9(11,12)7-2-3-13-6-8(7)14-16(15)4-1-5-16/h2-3,6H,1,4-5H2. The van der Waals surface area contributed by atoms with E-state index in [1.54, 1.807) is 0 Å². The SMILES string of the molecule is O=S1(=Nc2cnccc2C(F)(F)F)CCC1. The van der Waals surface area contributed by atoms with Crippen LogP contribution in [0.15, 0.2) is 22.8 Å². The molecule has 0 amide bonds. The molecule has 1 aliphatic heterocycles. The Morgan fingerprint density at radius 2 is 2.06 bits per heavy atom. The molecule has 3 nitrogen and oxygen atoms in total. The minimum Gasteiger partial charge on any atom is -0.262 e. The molecule has 7 heteroatoms. The molecule has 0 spiro atoms. The third-order valence-electron chi connectivity index (χ3n) is 2.30. The molecular weight excluding hydrogens is 241 g/mol. The molecule has 0 bridgehead atoms. The van der Waals surface area contributed by atoms with Gasteiger partial charge in [0.2, 0.25) is 0 Å². The molecule has 0 N–H and O–H groups in total. The second-order valence-corrected chi connectivity index (χ2v) is 6.06. The largest absolute Gasteiger partial charge is 0.418 e. The fourth-order valence-electron chi connectivity index (χ4n) is 1.36. The molecule has 0 radical (unpaired) electrons. The first-order valence-corrected chi connectivity index (χ1v) is 6.50. The summed E-state index contributed by atoms with van der Waals surface area (Å²) in [5.74, 6) is 0.748. The molecule has 0 atom stereocenters. The fraction of sp³-hybridized carbons (Fsp3) is 0.444. The van der Waals surface area contributed by atoms with E-state index in [1.807, 2.05) is 0 Å². The van der Waals surface area contributed by atoms with Crippen LogP contribution in [0.1, 0.15) is 12.0 Å². The van der Waals surface area contributed by atoms with E-state index in [-0.39, 0.29) is 5.69 Å². The van der Waals surface area contributed by atoms with Crippen molar-refractivity contribution in [1.29, 1.82) is 0 Å². The highest BCUT2D eigenvalue weighted by Crippen LogP contribution is 2.36. The van der Waals surface area contributed by atoms with Crippen LogP contribution in [0, 0.1) is 0 Å². The number of halogens is 3. The van der Waals surface area contributed by atoms with Crippen molar-refractivity contribution in [2.24, 2.45) is 4.36 Å². The van der Waals surface area contributed by atoms with Crippen LogP contribution in [0.25, 0.3) is 0 Å². The van der Waals surface area contributed by atoms with Crippen LogP contribution in [0.2, 0.25) is 0 Å². The number of pyridine rings is 1. The zero-order chi connectivity index (χ0) is 11.8. The van der Waals surface area contributed by atoms with Gasteiger partial charge in [-0.15, -0.1) is 0 Å². The summed E-state index contributed by atoms with van der Waals surface area (Å²) in [7, 11) is -2.44. The molecule has 1 fully saturated rings. The maximum absolute atomic E-state index is 12.6. The van der Waals surface area contributed by atoms with Crippen LogP contribution < -0.4 is 0 Å². The monoisotopic (exact) mass is 250 g/mol. The second-order valence-electron chi connectivity index (χ2n) is 3.52. The van der Waals surface area contributed by atoms with Crippen molar-refractivity contribution in [2.45, 2.75) is 12.6 Å². The summed E-state index contributed by atoms with van der Waals surface area (Å²) in [6, 6.07) is 0.848. The molecule has 2 heterocycles. The van der Waals surface area contributed by atoms with E-state index < -0.39 is 21.5 Å². The van der Waals surface area contributed by atoms with Gasteiger partial charge in [0.15, 0.2) is 0 Å². The smallest absolute Gasteiger partial charge is 0.262 e. The van der Waals surface area contributed by atoms with Gasteiger partial charge < -0.3 is 0 Å². The van der Waals surface area contributed by atoms with Gasteiger partial charge >= 0.3 is 6.18 Å². The predicted molar refractivity (Wildman–Crippen MR) is 53.8 cm³/mol. The lowest BCUT2D eigenvalue weighted by molar-refractivity contribution is -0.137. The lowest BCUT2D eigenvalue weighted by Gasteiger charge is -2.18. The number of nitrogens with zero attached hydrogens (tertiary/aromatic N) is 2. The van der Waals surface area contributed by atoms with E-state index in [2.05, 4.69) is 9.35 Å². The van der Waals surface area contributed by atoms with Crippen molar-refractivity contribution in [1.82, 2.24) is 4.98 Å². The molecule has 1 saturated heterocycles. The van der Waals surface area contributed by atoms with Crippen molar-refractivity contribution >= 4 is 15.4 Å². The Bertz CT molecular complexity index is 508. The number of aromatic nitrogens is 1. The zero-order valence-electron chi connectivity index (χ0n) is 8.20. The average Bonchev–Trinajstić information content (AvgIpc) is 2.14. The van der Waals surface area contributed by atoms with Crippen molar-refractivity contribution in [2.75, 3.05) is 11.5 Å². The van der Waals surface area contributed by atoms with Gasteiger partial charge in [-0.25, -0.2) is 4.21 Å². The van der Waals surface area contributed by atoms with Gasteiger partial charge in [-0.05, 0) is 12.5 Å². The third kappa shape index (κ3) is 2.18.